The molecule has 0 aliphatic rings. The minimum absolute atomic E-state index is 0.457. The minimum atomic E-state index is 0.457. The van der Waals surface area contributed by atoms with Gasteiger partial charge in [-0.25, -0.2) is 14.5 Å². The summed E-state index contributed by atoms with van der Waals surface area (Å²) in [5.74, 6) is 1.11. The summed E-state index contributed by atoms with van der Waals surface area (Å²) in [6.07, 6.45) is 4.44. The quantitative estimate of drug-likeness (QED) is 0.661. The van der Waals surface area contributed by atoms with E-state index in [2.05, 4.69) is 15.1 Å². The summed E-state index contributed by atoms with van der Waals surface area (Å²) >= 11 is 0. The maximum Gasteiger partial charge on any atom is 0.181 e. The Morgan fingerprint density at radius 1 is 1.44 bits per heavy atom. The molecule has 0 aromatic carbocycles. The summed E-state index contributed by atoms with van der Waals surface area (Å²) in [6.45, 7) is 1.95. The van der Waals surface area contributed by atoms with E-state index in [1.54, 1.807) is 10.7 Å². The van der Waals surface area contributed by atoms with Gasteiger partial charge in [0.2, 0.25) is 0 Å². The molecule has 0 saturated heterocycles. The van der Waals surface area contributed by atoms with E-state index >= 15 is 0 Å². The Balaban J connectivity index is 2.40. The summed E-state index contributed by atoms with van der Waals surface area (Å²) < 4.78 is 6.95. The third-order valence-corrected chi connectivity index (χ3v) is 2.46. The van der Waals surface area contributed by atoms with Gasteiger partial charge in [-0.2, -0.15) is 5.10 Å². The van der Waals surface area contributed by atoms with Crippen LogP contribution in [-0.4, -0.2) is 19.6 Å². The third-order valence-electron chi connectivity index (χ3n) is 2.46. The van der Waals surface area contributed by atoms with Crippen LogP contribution in [0, 0.1) is 6.92 Å². The van der Waals surface area contributed by atoms with E-state index in [1.807, 2.05) is 13.0 Å². The first-order chi connectivity index (χ1) is 7.77. The lowest BCUT2D eigenvalue weighted by molar-refractivity contribution is 0.568. The Hall–Kier alpha value is -2.37. The molecule has 3 aromatic heterocycles. The van der Waals surface area contributed by atoms with E-state index < -0.39 is 0 Å². The Morgan fingerprint density at radius 3 is 3.06 bits per heavy atom. The van der Waals surface area contributed by atoms with Gasteiger partial charge in [0.15, 0.2) is 18.0 Å². The predicted molar refractivity (Wildman–Crippen MR) is 57.6 cm³/mol. The lowest BCUT2D eigenvalue weighted by Crippen LogP contribution is -2.00. The Labute approximate surface area is 90.7 Å². The van der Waals surface area contributed by atoms with Gasteiger partial charge >= 0.3 is 0 Å². The molecule has 0 aliphatic heterocycles. The van der Waals surface area contributed by atoms with Crippen LogP contribution in [0.1, 0.15) is 5.56 Å². The van der Waals surface area contributed by atoms with Crippen molar-refractivity contribution < 1.29 is 4.42 Å². The van der Waals surface area contributed by atoms with E-state index in [0.29, 0.717) is 11.6 Å². The van der Waals surface area contributed by atoms with Gasteiger partial charge in [0.05, 0.1) is 6.20 Å². The molecule has 0 saturated carbocycles. The molecule has 0 radical (unpaired) electrons. The van der Waals surface area contributed by atoms with Gasteiger partial charge in [-0.3, -0.25) is 0 Å². The smallest absolute Gasteiger partial charge is 0.181 e. The lowest BCUT2D eigenvalue weighted by Gasteiger charge is -1.99. The van der Waals surface area contributed by atoms with Crippen LogP contribution in [-0.2, 0) is 0 Å². The summed E-state index contributed by atoms with van der Waals surface area (Å²) in [4.78, 5) is 7.84. The number of hydrogen-bond acceptors (Lipinski definition) is 5. The van der Waals surface area contributed by atoms with Crippen LogP contribution in [0.2, 0.25) is 0 Å². The molecule has 6 heteroatoms. The fourth-order valence-corrected chi connectivity index (χ4v) is 1.77. The van der Waals surface area contributed by atoms with Crippen molar-refractivity contribution in [3.05, 3.63) is 30.5 Å². The molecule has 16 heavy (non-hydrogen) atoms. The van der Waals surface area contributed by atoms with Crippen LogP contribution in [0.3, 0.4) is 0 Å². The first-order valence-electron chi connectivity index (χ1n) is 4.75. The van der Waals surface area contributed by atoms with Gasteiger partial charge in [0.25, 0.3) is 0 Å². The molecule has 6 nitrogen and oxygen atoms in total. The number of aryl methyl sites for hydroxylation is 1. The molecule has 3 rings (SSSR count). The maximum atomic E-state index is 5.81. The first-order valence-corrected chi connectivity index (χ1v) is 4.75. The molecule has 0 aliphatic carbocycles. The van der Waals surface area contributed by atoms with Crippen LogP contribution in [0.25, 0.3) is 17.0 Å². The second-order valence-electron chi connectivity index (χ2n) is 3.48. The Morgan fingerprint density at radius 2 is 2.31 bits per heavy atom. The van der Waals surface area contributed by atoms with Crippen LogP contribution >= 0.6 is 0 Å². The van der Waals surface area contributed by atoms with Crippen molar-refractivity contribution in [3.8, 4) is 11.5 Å². The van der Waals surface area contributed by atoms with Crippen LogP contribution in [0.4, 0.5) is 5.82 Å². The van der Waals surface area contributed by atoms with E-state index in [4.69, 9.17) is 10.2 Å². The second kappa shape index (κ2) is 3.06. The molecule has 0 fully saturated rings. The molecule has 3 aromatic rings. The van der Waals surface area contributed by atoms with Gasteiger partial charge in [-0.1, -0.05) is 0 Å². The molecule has 80 valence electrons. The number of nitrogen functional groups attached to an aromatic ring is 1. The maximum absolute atomic E-state index is 5.81. The highest BCUT2D eigenvalue weighted by Gasteiger charge is 2.13. The van der Waals surface area contributed by atoms with Gasteiger partial charge in [0.1, 0.15) is 17.5 Å². The lowest BCUT2D eigenvalue weighted by atomic mass is 10.3. The van der Waals surface area contributed by atoms with Crippen LogP contribution in [0.15, 0.2) is 29.4 Å². The number of anilines is 1. The zero-order valence-electron chi connectivity index (χ0n) is 8.58. The van der Waals surface area contributed by atoms with Gasteiger partial charge in [-0.15, -0.1) is 0 Å². The van der Waals surface area contributed by atoms with E-state index in [0.717, 1.165) is 16.8 Å². The summed E-state index contributed by atoms with van der Waals surface area (Å²) in [5.41, 5.74) is 8.43. The number of rotatable bonds is 1. The monoisotopic (exact) mass is 215 g/mol. The number of hydrogen-bond donors (Lipinski definition) is 1. The zero-order chi connectivity index (χ0) is 11.1. The number of nitrogens with two attached hydrogens (primary N) is 1. The van der Waals surface area contributed by atoms with Gasteiger partial charge in [0, 0.05) is 0 Å². The van der Waals surface area contributed by atoms with Crippen molar-refractivity contribution in [2.24, 2.45) is 0 Å². The molecule has 0 amide bonds. The molecule has 0 atom stereocenters. The minimum Gasteiger partial charge on any atom is -0.442 e. The fraction of sp³-hybridized carbons (Fsp3) is 0.100. The highest BCUT2D eigenvalue weighted by atomic mass is 16.3. The van der Waals surface area contributed by atoms with E-state index in [9.17, 15) is 0 Å². The largest absolute Gasteiger partial charge is 0.442 e. The molecular weight excluding hydrogens is 206 g/mol. The molecular formula is C10H9N5O. The zero-order valence-corrected chi connectivity index (χ0v) is 8.58. The van der Waals surface area contributed by atoms with Gasteiger partial charge in [-0.05, 0) is 18.6 Å². The standard InChI is InChI=1S/C10H9N5O/c1-6-2-7(8-3-12-5-16-8)15-9(6)10(11)13-4-14-15/h2-5H,1H3,(H2,11,13,14). The molecule has 3 heterocycles. The van der Waals surface area contributed by atoms with Crippen LogP contribution < -0.4 is 5.73 Å². The topological polar surface area (TPSA) is 82.2 Å². The summed E-state index contributed by atoms with van der Waals surface area (Å²) in [6, 6.07) is 1.95. The summed E-state index contributed by atoms with van der Waals surface area (Å²) in [7, 11) is 0. The number of aromatic nitrogens is 4. The van der Waals surface area contributed by atoms with Crippen molar-refractivity contribution >= 4 is 11.3 Å². The number of oxazole rings is 1. The normalized spacial score (nSPS) is 11.1. The molecule has 2 N–H and O–H groups in total. The average Bonchev–Trinajstić information content (AvgIpc) is 2.86. The molecule has 0 unspecified atom stereocenters. The molecule has 0 bridgehead atoms. The second-order valence-corrected chi connectivity index (χ2v) is 3.48. The average molecular weight is 215 g/mol. The van der Waals surface area contributed by atoms with Gasteiger partial charge < -0.3 is 10.2 Å². The van der Waals surface area contributed by atoms with Crippen molar-refractivity contribution in [1.82, 2.24) is 19.6 Å². The Kier molecular flexibility index (Phi) is 1.70. The summed E-state index contributed by atoms with van der Waals surface area (Å²) in [5, 5.41) is 4.16. The third kappa shape index (κ3) is 1.10. The predicted octanol–water partition coefficient (Wildman–Crippen LogP) is 1.27. The van der Waals surface area contributed by atoms with Crippen LogP contribution in [0.5, 0.6) is 0 Å². The van der Waals surface area contributed by atoms with E-state index in [-0.39, 0.29) is 0 Å². The SMILES string of the molecule is Cc1cc(-c2cnco2)n2ncnc(N)c12. The van der Waals surface area contributed by atoms with E-state index in [1.165, 1.54) is 12.7 Å². The van der Waals surface area contributed by atoms with Crippen molar-refractivity contribution in [2.75, 3.05) is 5.73 Å². The Bertz CT molecular complexity index is 641. The number of nitrogens with zero attached hydrogens (tertiary/aromatic N) is 4. The molecule has 0 spiro atoms. The van der Waals surface area contributed by atoms with Crippen molar-refractivity contribution in [2.45, 2.75) is 6.92 Å². The van der Waals surface area contributed by atoms with Crippen molar-refractivity contribution in [1.29, 1.82) is 0 Å². The fourth-order valence-electron chi connectivity index (χ4n) is 1.77. The highest BCUT2D eigenvalue weighted by Crippen LogP contribution is 2.26. The van der Waals surface area contributed by atoms with Crippen molar-refractivity contribution in [3.63, 3.8) is 0 Å². The number of fused-ring (bicyclic) bond motifs is 1. The first kappa shape index (κ1) is 8.90. The highest BCUT2D eigenvalue weighted by molar-refractivity contribution is 5.75.